The number of fused-ring (bicyclic) bond motifs is 3. The van der Waals surface area contributed by atoms with Gasteiger partial charge in [-0.1, -0.05) is 0 Å². The zero-order valence-corrected chi connectivity index (χ0v) is 58.5. The molecular weight excluding hydrogens is 1370 g/mol. The molecule has 13 heterocycles. The third kappa shape index (κ3) is 18.6. The van der Waals surface area contributed by atoms with E-state index in [1.165, 1.54) is 78.4 Å². The Morgan fingerprint density at radius 3 is 1.17 bits per heavy atom. The molecule has 105 heavy (non-hydrogen) atoms. The summed E-state index contributed by atoms with van der Waals surface area (Å²) in [6.07, 6.45) is 20.8. The summed E-state index contributed by atoms with van der Waals surface area (Å²) in [5.41, 5.74) is 7.85. The van der Waals surface area contributed by atoms with Crippen molar-refractivity contribution in [2.75, 3.05) is 56.8 Å². The second kappa shape index (κ2) is 30.8. The Bertz CT molecular complexity index is 4820. The van der Waals surface area contributed by atoms with Gasteiger partial charge in [0.2, 0.25) is 17.7 Å². The molecule has 34 nitrogen and oxygen atoms in total. The van der Waals surface area contributed by atoms with Crippen molar-refractivity contribution in [3.8, 4) is 0 Å². The molecule has 0 radical (unpaired) electrons. The van der Waals surface area contributed by atoms with Gasteiger partial charge in [0.25, 0.3) is 23.6 Å². The summed E-state index contributed by atoms with van der Waals surface area (Å²) in [6, 6.07) is 2.11. The number of carbonyl (C=O) groups is 9. The summed E-state index contributed by atoms with van der Waals surface area (Å²) in [7, 11) is 0. The first-order valence-corrected chi connectivity index (χ1v) is 33.4. The number of aryl methyl sites for hydroxylation is 3. The van der Waals surface area contributed by atoms with Crippen LogP contribution in [0.1, 0.15) is 129 Å². The first kappa shape index (κ1) is 74.1. The molecular formula is C68H76F3N23O11. The number of halogens is 3. The fourth-order valence-electron chi connectivity index (χ4n) is 11.3. The van der Waals surface area contributed by atoms with Gasteiger partial charge in [-0.05, 0) is 101 Å². The maximum absolute atomic E-state index is 14.2. The third-order valence-corrected chi connectivity index (χ3v) is 16.2. The van der Waals surface area contributed by atoms with Crippen molar-refractivity contribution in [1.82, 2.24) is 79.3 Å². The van der Waals surface area contributed by atoms with Crippen LogP contribution in [0.25, 0.3) is 16.9 Å². The fraction of sp³-hybridized carbons (Fsp3) is 0.382. The molecule has 0 spiro atoms. The second-order valence-electron chi connectivity index (χ2n) is 27.1. The number of imidazole rings is 3. The predicted octanol–water partition coefficient (Wildman–Crippen LogP) is 5.42. The molecule has 1 saturated carbocycles. The Balaban J connectivity index is 0.000000145. The maximum atomic E-state index is 14.2. The smallest absolute Gasteiger partial charge is 0.408 e. The summed E-state index contributed by atoms with van der Waals surface area (Å²) in [4.78, 5) is 150. The molecule has 9 N–H and O–H groups in total. The highest BCUT2D eigenvalue weighted by molar-refractivity contribution is 6.05. The highest BCUT2D eigenvalue weighted by Gasteiger charge is 2.39. The number of nitrogens with two attached hydrogens (primary N) is 1. The van der Waals surface area contributed by atoms with Crippen LogP contribution in [0.4, 0.5) is 57.3 Å². The number of pyridine rings is 3. The first-order valence-electron chi connectivity index (χ1n) is 33.4. The SMILES string of the molecule is CC(C)(C)OC(=O)N[C@@H]1CCNC1=O.Cc1cn2cc(NC(=O)c3cnc(N4CC[C@@H](N)C4=O)cn3)cc(F)c2n1.Cc1cn2cc(NC(=O)c3cnc(N4CC[C@@H](NC(=O)OC(C)(C)C)C4=O)cn3)cc(F)c2n1.Cc1cn2cc(NC(=O)c3cnc(N4CC[C@@H](NC5CC5)C4=O)cn3)cc(F)c2n1. The molecule has 1 aliphatic carbocycles. The minimum absolute atomic E-state index is 0.0128. The van der Waals surface area contributed by atoms with Gasteiger partial charge in [0.05, 0.1) is 83.4 Å². The highest BCUT2D eigenvalue weighted by Crippen LogP contribution is 2.27. The minimum atomic E-state index is -0.740. The number of nitrogens with one attached hydrogen (secondary N) is 7. The Hall–Kier alpha value is -12.2. The van der Waals surface area contributed by atoms with Gasteiger partial charge in [-0.25, -0.2) is 67.6 Å². The highest BCUT2D eigenvalue weighted by atomic mass is 19.1. The maximum Gasteiger partial charge on any atom is 0.408 e. The van der Waals surface area contributed by atoms with E-state index in [-0.39, 0.29) is 86.6 Å². The van der Waals surface area contributed by atoms with E-state index in [9.17, 15) is 56.3 Å². The number of ether oxygens (including phenoxy) is 2. The molecule has 9 aromatic rings. The summed E-state index contributed by atoms with van der Waals surface area (Å²) in [6.45, 7) is 17.7. The lowest BCUT2D eigenvalue weighted by atomic mass is 10.2. The van der Waals surface area contributed by atoms with Crippen LogP contribution < -0.4 is 57.7 Å². The third-order valence-electron chi connectivity index (χ3n) is 16.2. The van der Waals surface area contributed by atoms with Crippen molar-refractivity contribution in [3.63, 3.8) is 0 Å². The van der Waals surface area contributed by atoms with Crippen LogP contribution in [-0.4, -0.2) is 179 Å². The Morgan fingerprint density at radius 1 is 0.476 bits per heavy atom. The molecule has 37 heteroatoms. The van der Waals surface area contributed by atoms with E-state index in [4.69, 9.17) is 15.2 Å². The van der Waals surface area contributed by atoms with Crippen LogP contribution in [0.2, 0.25) is 0 Å². The van der Waals surface area contributed by atoms with Crippen LogP contribution in [0.3, 0.4) is 0 Å². The lowest BCUT2D eigenvalue weighted by molar-refractivity contribution is -0.121. The summed E-state index contributed by atoms with van der Waals surface area (Å²) >= 11 is 0. The number of amides is 9. The number of nitrogens with zero attached hydrogens (tertiary/aromatic N) is 15. The van der Waals surface area contributed by atoms with Gasteiger partial charge in [-0.2, -0.15) is 0 Å². The average molecular weight is 1450 g/mol. The van der Waals surface area contributed by atoms with Crippen molar-refractivity contribution < 1.29 is 65.8 Å². The topological polar surface area (TPSA) is 421 Å². The lowest BCUT2D eigenvalue weighted by Crippen LogP contribution is -2.44. The molecule has 4 saturated heterocycles. The summed E-state index contributed by atoms with van der Waals surface area (Å²) < 4.78 is 57.2. The first-order chi connectivity index (χ1) is 49.8. The van der Waals surface area contributed by atoms with Gasteiger partial charge in [-0.3, -0.25) is 48.3 Å². The van der Waals surface area contributed by atoms with Crippen molar-refractivity contribution >= 4 is 105 Å². The molecule has 14 rings (SSSR count). The van der Waals surface area contributed by atoms with Gasteiger partial charge in [0.1, 0.15) is 40.4 Å². The van der Waals surface area contributed by atoms with E-state index in [1.54, 1.807) is 104 Å². The van der Waals surface area contributed by atoms with Crippen LogP contribution in [0.15, 0.2) is 92.6 Å². The standard InChI is InChI=1S/C22H24FN7O4.C20H20FN7O2.C17H16FN7O2.C9H16N2O3/c1-12-10-29-11-13(7-14(23)18(29)26-12)27-19(31)16-8-25-17(9-24-16)30-6-5-15(20(30)32)28-21(33)34-22(2,3)4;1-11-9-27-10-13(6-14(21)18(27)24-11)26-19(29)16-7-23-17(8-22-16)28-5-4-15(20(28)30)25-12-2-3-12;1-9-7-24-8-10(4-11(18)15(24)22-9)23-16(26)13-5-21-14(6-20-13)25-3-2-12(19)17(25)27;1-9(2,3)14-8(13)11-6-4-5-10-7(6)12/h7-11,15H,5-6H2,1-4H3,(H,27,31)(H,28,33);6-10,12,15,25H,2-5H2,1H3,(H,26,29);4-8,12H,2-3,19H2,1H3,(H,23,26);6H,4-5H2,1-3H3,(H,10,12)(H,11,13)/t2*15-;12-;6-/m1111/s1. The van der Waals surface area contributed by atoms with Gasteiger partial charge in [0.15, 0.2) is 51.8 Å². The van der Waals surface area contributed by atoms with Crippen molar-refractivity contribution in [2.45, 2.75) is 142 Å². The summed E-state index contributed by atoms with van der Waals surface area (Å²) in [5, 5.41) is 18.8. The molecule has 4 aliphatic heterocycles. The van der Waals surface area contributed by atoms with Crippen LogP contribution >= 0.6 is 0 Å². The van der Waals surface area contributed by atoms with Gasteiger partial charge in [-0.15, -0.1) is 0 Å². The number of alkyl carbamates (subject to hydrolysis) is 2. The zero-order chi connectivity index (χ0) is 75.3. The average Bonchev–Trinajstić information content (AvgIpc) is 1.77. The molecule has 4 atom stereocenters. The Labute approximate surface area is 596 Å². The number of carbonyl (C=O) groups excluding carboxylic acids is 9. The van der Waals surface area contributed by atoms with Gasteiger partial charge >= 0.3 is 12.2 Å². The number of rotatable bonds is 13. The molecule has 9 aromatic heterocycles. The molecule has 5 aliphatic rings. The van der Waals surface area contributed by atoms with E-state index >= 15 is 0 Å². The van der Waals surface area contributed by atoms with E-state index < -0.39 is 76.7 Å². The van der Waals surface area contributed by atoms with E-state index in [1.807, 2.05) is 0 Å². The monoisotopic (exact) mass is 1450 g/mol. The largest absolute Gasteiger partial charge is 0.444 e. The normalized spacial score (nSPS) is 17.9. The minimum Gasteiger partial charge on any atom is -0.444 e. The molecule has 9 amide bonds. The molecule has 550 valence electrons. The molecule has 0 bridgehead atoms. The Morgan fingerprint density at radius 2 is 0.838 bits per heavy atom. The van der Waals surface area contributed by atoms with Crippen LogP contribution in [0.5, 0.6) is 0 Å². The molecule has 5 fully saturated rings. The van der Waals surface area contributed by atoms with E-state index in [0.717, 1.165) is 19.3 Å². The van der Waals surface area contributed by atoms with Crippen molar-refractivity contribution in [2.24, 2.45) is 5.73 Å². The lowest BCUT2D eigenvalue weighted by Gasteiger charge is -2.21. The van der Waals surface area contributed by atoms with Crippen LogP contribution in [0, 0.1) is 38.2 Å². The summed E-state index contributed by atoms with van der Waals surface area (Å²) in [5.74, 6) is -3.06. The predicted molar refractivity (Wildman–Crippen MR) is 372 cm³/mol. The van der Waals surface area contributed by atoms with Gasteiger partial charge < -0.3 is 65.6 Å². The fourth-order valence-corrected chi connectivity index (χ4v) is 11.3. The number of hydrogen-bond acceptors (Lipinski definition) is 22. The van der Waals surface area contributed by atoms with E-state index in [2.05, 4.69) is 82.1 Å². The quantitative estimate of drug-likeness (QED) is 0.0714. The van der Waals surface area contributed by atoms with Gasteiger partial charge in [0, 0.05) is 87.6 Å². The second-order valence-corrected chi connectivity index (χ2v) is 27.1. The number of aromatic nitrogens is 12. The van der Waals surface area contributed by atoms with Crippen LogP contribution in [-0.2, 0) is 28.7 Å². The molecule has 0 aromatic carbocycles. The van der Waals surface area contributed by atoms with Crippen molar-refractivity contribution in [1.29, 1.82) is 0 Å². The number of hydrogen-bond donors (Lipinski definition) is 8. The van der Waals surface area contributed by atoms with E-state index in [0.29, 0.717) is 80.2 Å². The Kier molecular flexibility index (Phi) is 21.7. The number of anilines is 6. The van der Waals surface area contributed by atoms with Crippen molar-refractivity contribution in [3.05, 3.63) is 144 Å². The zero-order valence-electron chi connectivity index (χ0n) is 58.5. The molecule has 0 unspecified atom stereocenters.